The van der Waals surface area contributed by atoms with Gasteiger partial charge < -0.3 is 22.5 Å². The van der Waals surface area contributed by atoms with Crippen molar-refractivity contribution in [2.45, 2.75) is 50.1 Å². The summed E-state index contributed by atoms with van der Waals surface area (Å²) in [5, 5.41) is 1.67. The summed E-state index contributed by atoms with van der Waals surface area (Å²) >= 11 is 0. The molecule has 2 rings (SSSR count). The van der Waals surface area contributed by atoms with Crippen LogP contribution >= 0.6 is 0 Å². The summed E-state index contributed by atoms with van der Waals surface area (Å²) in [5.74, 6) is -6.71. The fourth-order valence-corrected chi connectivity index (χ4v) is 3.65. The summed E-state index contributed by atoms with van der Waals surface area (Å²) in [6.45, 7) is 2.65. The maximum Gasteiger partial charge on any atom is 0.471 e. The molecule has 0 heterocycles. The van der Waals surface area contributed by atoms with Crippen LogP contribution in [0.1, 0.15) is 19.4 Å². The zero-order chi connectivity index (χ0) is 25.8. The van der Waals surface area contributed by atoms with Crippen molar-refractivity contribution < 1.29 is 32.3 Å². The van der Waals surface area contributed by atoms with Crippen LogP contribution < -0.4 is 22.5 Å². The summed E-state index contributed by atoms with van der Waals surface area (Å²) in [4.78, 5) is 50.9. The maximum absolute atomic E-state index is 13.5. The van der Waals surface area contributed by atoms with E-state index in [1.165, 1.54) is 13.8 Å². The fourth-order valence-electron chi connectivity index (χ4n) is 3.65. The lowest BCUT2D eigenvalue weighted by atomic mass is 9.69. The molecule has 0 spiro atoms. The van der Waals surface area contributed by atoms with Gasteiger partial charge in [-0.3, -0.25) is 19.2 Å². The number of carbonyl (C=O) groups excluding carboxylic acids is 4. The molecule has 0 radical (unpaired) electrons. The van der Waals surface area contributed by atoms with Gasteiger partial charge in [0.2, 0.25) is 0 Å². The molecule has 184 valence electrons. The topological polar surface area (TPSA) is 158 Å². The zero-order valence-corrected chi connectivity index (χ0v) is 18.6. The van der Waals surface area contributed by atoms with Crippen LogP contribution in [0.15, 0.2) is 54.1 Å². The molecule has 0 saturated heterocycles. The number of nitrogens with two attached hydrogens (primary N) is 3. The van der Waals surface area contributed by atoms with Crippen molar-refractivity contribution in [3.05, 3.63) is 59.7 Å². The fraction of sp³-hybridized carbons (Fsp3) is 0.391. The Morgan fingerprint density at radius 2 is 1.62 bits per heavy atom. The second-order valence-electron chi connectivity index (χ2n) is 8.26. The minimum absolute atomic E-state index is 0.0778. The lowest BCUT2D eigenvalue weighted by Crippen LogP contribution is -2.67. The highest BCUT2D eigenvalue weighted by Gasteiger charge is 2.54. The van der Waals surface area contributed by atoms with Crippen LogP contribution in [-0.2, 0) is 25.6 Å². The molecule has 0 fully saturated rings. The SMILES string of the molecule is C[C@H](N)C(=O)C1=CC(C(=O)[C@H](C)N)C(NC(=O)C(F)(F)F)(C(=O)[C@@H](N)Cc2ccccc2)C=C1. The van der Waals surface area contributed by atoms with E-state index in [1.54, 1.807) is 35.6 Å². The molecule has 7 N–H and O–H groups in total. The number of alkyl halides is 3. The Labute approximate surface area is 194 Å². The van der Waals surface area contributed by atoms with Crippen molar-refractivity contribution in [2.75, 3.05) is 0 Å². The van der Waals surface area contributed by atoms with Gasteiger partial charge in [-0.1, -0.05) is 42.5 Å². The number of nitrogens with one attached hydrogen (secondary N) is 1. The summed E-state index contributed by atoms with van der Waals surface area (Å²) in [7, 11) is 0. The number of rotatable bonds is 9. The first-order valence-corrected chi connectivity index (χ1v) is 10.4. The molecule has 0 aromatic heterocycles. The molecule has 0 aliphatic heterocycles. The van der Waals surface area contributed by atoms with Crippen LogP contribution in [0.5, 0.6) is 0 Å². The van der Waals surface area contributed by atoms with Crippen molar-refractivity contribution in [3.63, 3.8) is 0 Å². The van der Waals surface area contributed by atoms with Crippen LogP contribution in [-0.4, -0.2) is 53.1 Å². The van der Waals surface area contributed by atoms with Gasteiger partial charge in [0.05, 0.1) is 24.0 Å². The number of hydrogen-bond donors (Lipinski definition) is 4. The van der Waals surface area contributed by atoms with Crippen LogP contribution in [0.25, 0.3) is 0 Å². The molecule has 8 nitrogen and oxygen atoms in total. The number of Topliss-reactive ketones (excluding diaryl/α,β-unsaturated/α-hetero) is 3. The molecular weight excluding hydrogens is 453 g/mol. The highest BCUT2D eigenvalue weighted by Crippen LogP contribution is 2.33. The van der Waals surface area contributed by atoms with Crippen molar-refractivity contribution in [2.24, 2.45) is 23.1 Å². The predicted octanol–water partition coefficient (Wildman–Crippen LogP) is 0.488. The van der Waals surface area contributed by atoms with Gasteiger partial charge >= 0.3 is 12.1 Å². The van der Waals surface area contributed by atoms with Crippen molar-refractivity contribution in [1.29, 1.82) is 0 Å². The first-order valence-electron chi connectivity index (χ1n) is 10.4. The largest absolute Gasteiger partial charge is 0.471 e. The van der Waals surface area contributed by atoms with E-state index in [0.29, 0.717) is 5.56 Å². The Balaban J connectivity index is 2.63. The quantitative estimate of drug-likeness (QED) is 0.400. The molecule has 2 unspecified atom stereocenters. The monoisotopic (exact) mass is 480 g/mol. The summed E-state index contributed by atoms with van der Waals surface area (Å²) in [5.41, 5.74) is 15.4. The average molecular weight is 480 g/mol. The van der Waals surface area contributed by atoms with Gasteiger partial charge in [-0.15, -0.1) is 0 Å². The van der Waals surface area contributed by atoms with Gasteiger partial charge in [-0.25, -0.2) is 0 Å². The van der Waals surface area contributed by atoms with Crippen LogP contribution in [0.4, 0.5) is 13.2 Å². The number of hydrogen-bond acceptors (Lipinski definition) is 7. The predicted molar refractivity (Wildman–Crippen MR) is 118 cm³/mol. The Hall–Kier alpha value is -3.15. The summed E-state index contributed by atoms with van der Waals surface area (Å²) < 4.78 is 39.6. The molecular formula is C23H27F3N4O4. The summed E-state index contributed by atoms with van der Waals surface area (Å²) in [6, 6.07) is 4.79. The van der Waals surface area contributed by atoms with Gasteiger partial charge in [0.1, 0.15) is 5.54 Å². The number of carbonyl (C=O) groups is 4. The Morgan fingerprint density at radius 1 is 1.03 bits per heavy atom. The van der Waals surface area contributed by atoms with Gasteiger partial charge in [-0.2, -0.15) is 13.2 Å². The molecule has 1 aliphatic carbocycles. The Morgan fingerprint density at radius 3 is 2.12 bits per heavy atom. The molecule has 0 saturated carbocycles. The Bertz CT molecular complexity index is 1020. The number of halogens is 3. The molecule has 1 aliphatic rings. The third-order valence-electron chi connectivity index (χ3n) is 5.44. The number of amides is 1. The summed E-state index contributed by atoms with van der Waals surface area (Å²) in [6.07, 6.45) is -2.48. The average Bonchev–Trinajstić information content (AvgIpc) is 2.77. The van der Waals surface area contributed by atoms with Crippen molar-refractivity contribution in [1.82, 2.24) is 5.32 Å². The second-order valence-corrected chi connectivity index (χ2v) is 8.26. The minimum atomic E-state index is -5.36. The highest BCUT2D eigenvalue weighted by atomic mass is 19.4. The number of benzene rings is 1. The van der Waals surface area contributed by atoms with E-state index < -0.39 is 59.0 Å². The molecule has 5 atom stereocenters. The molecule has 1 aromatic carbocycles. The molecule has 11 heteroatoms. The molecule has 0 bridgehead atoms. The third-order valence-corrected chi connectivity index (χ3v) is 5.44. The first-order chi connectivity index (χ1) is 15.7. The van der Waals surface area contributed by atoms with E-state index >= 15 is 0 Å². The third kappa shape index (κ3) is 5.85. The molecule has 1 amide bonds. The van der Waals surface area contributed by atoms with Crippen LogP contribution in [0, 0.1) is 5.92 Å². The number of ketones is 3. The van der Waals surface area contributed by atoms with E-state index in [1.807, 2.05) is 0 Å². The van der Waals surface area contributed by atoms with Crippen molar-refractivity contribution in [3.8, 4) is 0 Å². The lowest BCUT2D eigenvalue weighted by molar-refractivity contribution is -0.176. The zero-order valence-electron chi connectivity index (χ0n) is 18.6. The highest BCUT2D eigenvalue weighted by molar-refractivity contribution is 6.09. The van der Waals surface area contributed by atoms with Gasteiger partial charge in [-0.05, 0) is 31.9 Å². The normalized spacial score (nSPS) is 22.8. The van der Waals surface area contributed by atoms with Crippen LogP contribution in [0.2, 0.25) is 0 Å². The lowest BCUT2D eigenvalue weighted by Gasteiger charge is -2.40. The van der Waals surface area contributed by atoms with Gasteiger partial charge in [0.15, 0.2) is 17.3 Å². The first kappa shape index (κ1) is 27.1. The minimum Gasteiger partial charge on any atom is -0.331 e. The van der Waals surface area contributed by atoms with E-state index in [2.05, 4.69) is 0 Å². The molecule has 1 aromatic rings. The van der Waals surface area contributed by atoms with Gasteiger partial charge in [0, 0.05) is 5.57 Å². The Kier molecular flexibility index (Phi) is 8.30. The van der Waals surface area contributed by atoms with E-state index in [9.17, 15) is 32.3 Å². The van der Waals surface area contributed by atoms with E-state index in [0.717, 1.165) is 18.2 Å². The number of allylic oxidation sites excluding steroid dienone is 1. The van der Waals surface area contributed by atoms with Crippen LogP contribution in [0.3, 0.4) is 0 Å². The molecule has 34 heavy (non-hydrogen) atoms. The van der Waals surface area contributed by atoms with Gasteiger partial charge in [0.25, 0.3) is 0 Å². The maximum atomic E-state index is 13.5. The smallest absolute Gasteiger partial charge is 0.331 e. The standard InChI is InChI=1S/C23H27F3N4O4/c1-12(27)18(31)15-8-9-22(30-21(34)23(24,25)26,16(11-15)19(32)13(2)28)20(33)17(29)10-14-6-4-3-5-7-14/h3-9,11-13,16-17H,10,27-29H2,1-2H3,(H,30,34)/t12-,13-,16?,17-,22?/m0/s1. The van der Waals surface area contributed by atoms with Crippen molar-refractivity contribution >= 4 is 23.3 Å². The van der Waals surface area contributed by atoms with E-state index in [4.69, 9.17) is 17.2 Å². The second kappa shape index (κ2) is 10.4. The van der Waals surface area contributed by atoms with E-state index in [-0.39, 0.29) is 12.0 Å².